The van der Waals surface area contributed by atoms with Gasteiger partial charge in [0.05, 0.1) is 11.3 Å². The summed E-state index contributed by atoms with van der Waals surface area (Å²) in [7, 11) is -1.67. The lowest BCUT2D eigenvalue weighted by Crippen LogP contribution is -2.58. The van der Waals surface area contributed by atoms with E-state index in [2.05, 4.69) is 10.6 Å². The van der Waals surface area contributed by atoms with Crippen molar-refractivity contribution in [3.63, 3.8) is 0 Å². The third-order valence-electron chi connectivity index (χ3n) is 5.93. The third kappa shape index (κ3) is 6.13. The molecule has 6 nitrogen and oxygen atoms in total. The molecule has 9 heteroatoms. The number of benzene rings is 1. The molecule has 1 fully saturated rings. The highest BCUT2D eigenvalue weighted by Crippen LogP contribution is 2.31. The summed E-state index contributed by atoms with van der Waals surface area (Å²) >= 11 is 12.5. The van der Waals surface area contributed by atoms with Gasteiger partial charge in [-0.25, -0.2) is 0 Å². The van der Waals surface area contributed by atoms with Crippen LogP contribution >= 0.6 is 23.2 Å². The van der Waals surface area contributed by atoms with Crippen LogP contribution in [-0.4, -0.2) is 46.3 Å². The molecule has 0 aliphatic heterocycles. The molecule has 0 radical (unpaired) electrons. The van der Waals surface area contributed by atoms with Crippen LogP contribution in [0.15, 0.2) is 53.1 Å². The molecular weight excluding hydrogens is 438 g/mol. The average Bonchev–Trinajstić information content (AvgIpc) is 2.68. The summed E-state index contributed by atoms with van der Waals surface area (Å²) in [5.41, 5.74) is 1.16. The largest absolute Gasteiger partial charge is 0.475 e. The molecule has 4 atom stereocenters. The molecule has 3 rings (SSSR count). The van der Waals surface area contributed by atoms with Crippen molar-refractivity contribution in [1.29, 1.82) is 0 Å². The van der Waals surface area contributed by atoms with Crippen LogP contribution in [0.4, 0.5) is 0 Å². The second-order valence-electron chi connectivity index (χ2n) is 8.27. The smallest absolute Gasteiger partial charge is 0.426 e. The quantitative estimate of drug-likeness (QED) is 0.350. The van der Waals surface area contributed by atoms with E-state index >= 15 is 0 Å². The lowest BCUT2D eigenvalue weighted by Gasteiger charge is -2.34. The molecule has 0 heterocycles. The van der Waals surface area contributed by atoms with Crippen LogP contribution in [0.1, 0.15) is 31.7 Å². The molecule has 2 aliphatic carbocycles. The summed E-state index contributed by atoms with van der Waals surface area (Å²) in [6.07, 6.45) is 6.17. The van der Waals surface area contributed by atoms with Crippen molar-refractivity contribution >= 4 is 42.1 Å². The Morgan fingerprint density at radius 2 is 1.87 bits per heavy atom. The van der Waals surface area contributed by atoms with E-state index in [1.807, 2.05) is 37.3 Å². The van der Waals surface area contributed by atoms with E-state index in [1.165, 1.54) is 6.08 Å². The van der Waals surface area contributed by atoms with Crippen LogP contribution in [0.25, 0.3) is 0 Å². The first-order chi connectivity index (χ1) is 14.8. The predicted molar refractivity (Wildman–Crippen MR) is 122 cm³/mol. The number of amides is 2. The molecule has 2 aliphatic rings. The van der Waals surface area contributed by atoms with E-state index in [4.69, 9.17) is 23.2 Å². The normalized spacial score (nSPS) is 23.0. The first kappa shape index (κ1) is 23.9. The summed E-state index contributed by atoms with van der Waals surface area (Å²) < 4.78 is 0. The maximum absolute atomic E-state index is 13.1. The van der Waals surface area contributed by atoms with Crippen molar-refractivity contribution in [1.82, 2.24) is 10.6 Å². The van der Waals surface area contributed by atoms with Crippen LogP contribution in [0.5, 0.6) is 0 Å². The molecule has 166 valence electrons. The Hall–Kier alpha value is -1.80. The maximum atomic E-state index is 13.1. The monoisotopic (exact) mass is 464 g/mol. The zero-order chi connectivity index (χ0) is 22.5. The van der Waals surface area contributed by atoms with Gasteiger partial charge in [-0.15, -0.1) is 11.6 Å². The Bertz CT molecular complexity index is 858. The molecule has 1 aromatic carbocycles. The second kappa shape index (κ2) is 10.7. The highest BCUT2D eigenvalue weighted by molar-refractivity contribution is 6.43. The van der Waals surface area contributed by atoms with Gasteiger partial charge in [-0.1, -0.05) is 61.4 Å². The van der Waals surface area contributed by atoms with Gasteiger partial charge in [-0.05, 0) is 36.3 Å². The first-order valence-corrected chi connectivity index (χ1v) is 11.3. The number of hydrogen-bond acceptors (Lipinski definition) is 4. The minimum Gasteiger partial charge on any atom is -0.426 e. The number of halogens is 2. The number of alkyl halides is 1. The Morgan fingerprint density at radius 3 is 2.45 bits per heavy atom. The fourth-order valence-electron chi connectivity index (χ4n) is 3.89. The summed E-state index contributed by atoms with van der Waals surface area (Å²) in [4.78, 5) is 26.1. The predicted octanol–water partition coefficient (Wildman–Crippen LogP) is 2.32. The number of hydrogen-bond donors (Lipinski definition) is 4. The van der Waals surface area contributed by atoms with Gasteiger partial charge in [0.1, 0.15) is 6.04 Å². The van der Waals surface area contributed by atoms with E-state index in [0.29, 0.717) is 10.6 Å². The minimum absolute atomic E-state index is 0.00935. The molecule has 0 bridgehead atoms. The van der Waals surface area contributed by atoms with Gasteiger partial charge in [0.25, 0.3) is 0 Å². The molecule has 1 aromatic rings. The second-order valence-corrected chi connectivity index (χ2v) is 9.17. The zero-order valence-electron chi connectivity index (χ0n) is 17.3. The Labute approximate surface area is 192 Å². The van der Waals surface area contributed by atoms with E-state index in [0.717, 1.165) is 24.8 Å². The number of rotatable bonds is 8. The fraction of sp³-hybridized carbons (Fsp3) is 0.455. The van der Waals surface area contributed by atoms with E-state index in [1.54, 1.807) is 6.08 Å². The lowest BCUT2D eigenvalue weighted by molar-refractivity contribution is -0.128. The number of carbonyl (C=O) groups is 2. The average molecular weight is 465 g/mol. The minimum atomic E-state index is -1.67. The molecule has 3 unspecified atom stereocenters. The van der Waals surface area contributed by atoms with Crippen molar-refractivity contribution in [2.24, 2.45) is 11.8 Å². The first-order valence-electron chi connectivity index (χ1n) is 10.5. The zero-order valence-corrected chi connectivity index (χ0v) is 18.8. The van der Waals surface area contributed by atoms with Gasteiger partial charge in [-0.3, -0.25) is 9.59 Å². The highest BCUT2D eigenvalue weighted by atomic mass is 35.5. The van der Waals surface area contributed by atoms with Crippen LogP contribution in [0.3, 0.4) is 0 Å². The SMILES string of the molecule is CC1C=C(Cl)C=C(C(=O)N[C@@H](Cc2ccccc2)C(=O)NC(B(O)O)C2CCC2)C1Cl. The Balaban J connectivity index is 1.78. The van der Waals surface area contributed by atoms with Crippen molar-refractivity contribution < 1.29 is 19.6 Å². The van der Waals surface area contributed by atoms with Gasteiger partial charge in [0, 0.05) is 17.0 Å². The molecule has 2 amide bonds. The van der Waals surface area contributed by atoms with Crippen molar-refractivity contribution in [2.75, 3.05) is 0 Å². The van der Waals surface area contributed by atoms with Crippen LogP contribution in [-0.2, 0) is 16.0 Å². The summed E-state index contributed by atoms with van der Waals surface area (Å²) in [5.74, 6) is -1.84. The van der Waals surface area contributed by atoms with Gasteiger partial charge >= 0.3 is 7.12 Å². The Morgan fingerprint density at radius 1 is 1.19 bits per heavy atom. The van der Waals surface area contributed by atoms with Crippen LogP contribution in [0.2, 0.25) is 0 Å². The van der Waals surface area contributed by atoms with Gasteiger partial charge in [0.2, 0.25) is 11.8 Å². The maximum Gasteiger partial charge on any atom is 0.475 e. The summed E-state index contributed by atoms with van der Waals surface area (Å²) in [6, 6.07) is 8.38. The third-order valence-corrected chi connectivity index (χ3v) is 6.80. The number of nitrogens with one attached hydrogen (secondary N) is 2. The van der Waals surface area contributed by atoms with E-state index in [-0.39, 0.29) is 18.3 Å². The van der Waals surface area contributed by atoms with Gasteiger partial charge in [0.15, 0.2) is 0 Å². The lowest BCUT2D eigenvalue weighted by atomic mass is 9.64. The number of carbonyl (C=O) groups excluding carboxylic acids is 2. The molecule has 0 saturated heterocycles. The molecule has 31 heavy (non-hydrogen) atoms. The Kier molecular flexibility index (Phi) is 8.22. The summed E-state index contributed by atoms with van der Waals surface area (Å²) in [5, 5.41) is 24.9. The highest BCUT2D eigenvalue weighted by Gasteiger charge is 2.38. The molecule has 0 spiro atoms. The molecule has 4 N–H and O–H groups in total. The van der Waals surface area contributed by atoms with Crippen molar-refractivity contribution in [3.05, 3.63) is 58.7 Å². The van der Waals surface area contributed by atoms with Crippen molar-refractivity contribution in [2.45, 2.75) is 50.0 Å². The van der Waals surface area contributed by atoms with E-state index in [9.17, 15) is 19.6 Å². The van der Waals surface area contributed by atoms with Crippen molar-refractivity contribution in [3.8, 4) is 0 Å². The standard InChI is InChI=1S/C22H27BCl2N2O4/c1-13-10-16(24)12-17(19(13)25)21(28)26-18(11-14-6-3-2-4-7-14)22(29)27-20(23(30)31)15-8-5-9-15/h2-4,6-7,10,12-13,15,18-20,30-31H,5,8-9,11H2,1H3,(H,26,28)(H,27,29)/t13?,18-,19?,20?/m0/s1. The topological polar surface area (TPSA) is 98.7 Å². The summed E-state index contributed by atoms with van der Waals surface area (Å²) in [6.45, 7) is 1.86. The van der Waals surface area contributed by atoms with Gasteiger partial charge in [-0.2, -0.15) is 0 Å². The molecule has 0 aromatic heterocycles. The van der Waals surface area contributed by atoms with Gasteiger partial charge < -0.3 is 20.7 Å². The fourth-order valence-corrected chi connectivity index (χ4v) is 4.44. The van der Waals surface area contributed by atoms with Crippen LogP contribution in [0, 0.1) is 11.8 Å². The molecule has 1 saturated carbocycles. The molecular formula is C22H27BCl2N2O4. The number of allylic oxidation sites excluding steroid dienone is 3. The van der Waals surface area contributed by atoms with E-state index < -0.39 is 36.3 Å². The van der Waals surface area contributed by atoms with Crippen LogP contribution < -0.4 is 10.6 Å².